The van der Waals surface area contributed by atoms with Crippen molar-refractivity contribution < 1.29 is 18.1 Å². The van der Waals surface area contributed by atoms with Crippen molar-refractivity contribution in [2.75, 3.05) is 17.3 Å². The van der Waals surface area contributed by atoms with Gasteiger partial charge in [-0.3, -0.25) is 10.1 Å². The highest BCUT2D eigenvalue weighted by molar-refractivity contribution is 9.10. The Labute approximate surface area is 171 Å². The van der Waals surface area contributed by atoms with Crippen LogP contribution in [0.1, 0.15) is 5.56 Å². The van der Waals surface area contributed by atoms with Gasteiger partial charge in [0.1, 0.15) is 11.4 Å². The van der Waals surface area contributed by atoms with Crippen molar-refractivity contribution in [2.45, 2.75) is 6.18 Å². The van der Waals surface area contributed by atoms with E-state index in [2.05, 4.69) is 31.2 Å². The average molecular weight is 468 g/mol. The van der Waals surface area contributed by atoms with Crippen LogP contribution >= 0.6 is 15.9 Å². The molecule has 0 radical (unpaired) electrons. The van der Waals surface area contributed by atoms with Crippen molar-refractivity contribution in [3.05, 3.63) is 74.9 Å². The predicted molar refractivity (Wildman–Crippen MR) is 106 cm³/mol. The molecule has 1 N–H and O–H groups in total. The van der Waals surface area contributed by atoms with Gasteiger partial charge in [-0.25, -0.2) is 4.98 Å². The molecule has 0 spiro atoms. The molecule has 0 saturated heterocycles. The van der Waals surface area contributed by atoms with Crippen molar-refractivity contribution >= 4 is 44.8 Å². The number of rotatable bonds is 5. The van der Waals surface area contributed by atoms with Gasteiger partial charge in [0.25, 0.3) is 5.69 Å². The molecule has 0 unspecified atom stereocenters. The molecule has 0 aliphatic carbocycles. The fourth-order valence-electron chi connectivity index (χ4n) is 2.42. The molecule has 2 aromatic carbocycles. The second-order valence-corrected chi connectivity index (χ2v) is 6.81. The van der Waals surface area contributed by atoms with Gasteiger partial charge < -0.3 is 10.2 Å². The molecule has 0 atom stereocenters. The number of anilines is 4. The molecular weight excluding hydrogens is 455 g/mol. The molecule has 1 aromatic heterocycles. The first-order valence-electron chi connectivity index (χ1n) is 8.10. The monoisotopic (exact) mass is 467 g/mol. The summed E-state index contributed by atoms with van der Waals surface area (Å²) in [5.41, 5.74) is -0.333. The van der Waals surface area contributed by atoms with Gasteiger partial charge >= 0.3 is 6.18 Å². The molecule has 150 valence electrons. The standard InChI is InChI=1S/C18H13BrF3N5O2/c1-26(13-6-2-11(19)3-7-13)17-23-10-15(18(20,21)22)16(25-17)24-12-4-8-14(9-5-12)27(28)29/h2-10H,1H3,(H,23,24,25). The van der Waals surface area contributed by atoms with E-state index < -0.39 is 22.5 Å². The quantitative estimate of drug-likeness (QED) is 0.383. The molecular formula is C18H13BrF3N5O2. The van der Waals surface area contributed by atoms with Crippen LogP contribution in [0.25, 0.3) is 0 Å². The summed E-state index contributed by atoms with van der Waals surface area (Å²) >= 11 is 3.32. The molecule has 29 heavy (non-hydrogen) atoms. The molecule has 0 fully saturated rings. The maximum absolute atomic E-state index is 13.4. The molecule has 1 heterocycles. The first-order valence-corrected chi connectivity index (χ1v) is 8.89. The van der Waals surface area contributed by atoms with E-state index >= 15 is 0 Å². The second kappa shape index (κ2) is 8.03. The van der Waals surface area contributed by atoms with E-state index in [9.17, 15) is 23.3 Å². The van der Waals surface area contributed by atoms with E-state index in [1.807, 2.05) is 0 Å². The van der Waals surface area contributed by atoms with Crippen molar-refractivity contribution in [2.24, 2.45) is 0 Å². The summed E-state index contributed by atoms with van der Waals surface area (Å²) < 4.78 is 41.0. The minimum Gasteiger partial charge on any atom is -0.340 e. The molecule has 0 aliphatic heterocycles. The average Bonchev–Trinajstić information content (AvgIpc) is 2.67. The zero-order valence-corrected chi connectivity index (χ0v) is 16.4. The largest absolute Gasteiger partial charge is 0.421 e. The third kappa shape index (κ3) is 4.80. The van der Waals surface area contributed by atoms with Gasteiger partial charge in [-0.05, 0) is 36.4 Å². The Balaban J connectivity index is 1.97. The number of aromatic nitrogens is 2. The Hall–Kier alpha value is -3.21. The van der Waals surface area contributed by atoms with E-state index in [-0.39, 0.29) is 17.3 Å². The van der Waals surface area contributed by atoms with Crippen LogP contribution in [0.5, 0.6) is 0 Å². The summed E-state index contributed by atoms with van der Waals surface area (Å²) in [6.45, 7) is 0. The lowest BCUT2D eigenvalue weighted by Gasteiger charge is -2.20. The van der Waals surface area contributed by atoms with Crippen molar-refractivity contribution in [1.29, 1.82) is 0 Å². The van der Waals surface area contributed by atoms with Crippen LogP contribution in [-0.4, -0.2) is 21.9 Å². The first kappa shape index (κ1) is 20.5. The third-order valence-corrected chi connectivity index (χ3v) is 4.46. The summed E-state index contributed by atoms with van der Waals surface area (Å²) in [5, 5.41) is 13.3. The van der Waals surface area contributed by atoms with Crippen LogP contribution in [0.3, 0.4) is 0 Å². The first-order chi connectivity index (χ1) is 13.6. The van der Waals surface area contributed by atoms with Crippen molar-refractivity contribution in [1.82, 2.24) is 9.97 Å². The van der Waals surface area contributed by atoms with Crippen molar-refractivity contribution in [3.63, 3.8) is 0 Å². The molecule has 0 aliphatic rings. The maximum atomic E-state index is 13.4. The number of alkyl halides is 3. The Bertz CT molecular complexity index is 1030. The minimum atomic E-state index is -4.68. The second-order valence-electron chi connectivity index (χ2n) is 5.89. The summed E-state index contributed by atoms with van der Waals surface area (Å²) in [6, 6.07) is 12.1. The van der Waals surface area contributed by atoms with Crippen LogP contribution in [0.2, 0.25) is 0 Å². The molecule has 3 rings (SSSR count). The van der Waals surface area contributed by atoms with Gasteiger partial charge in [-0.2, -0.15) is 18.2 Å². The number of hydrogen-bond donors (Lipinski definition) is 1. The zero-order chi connectivity index (χ0) is 21.2. The van der Waals surface area contributed by atoms with Crippen LogP contribution in [-0.2, 0) is 6.18 Å². The third-order valence-electron chi connectivity index (χ3n) is 3.94. The summed E-state index contributed by atoms with van der Waals surface area (Å²) in [5.74, 6) is -0.412. The van der Waals surface area contributed by atoms with Gasteiger partial charge in [0, 0.05) is 41.2 Å². The normalized spacial score (nSPS) is 11.2. The van der Waals surface area contributed by atoms with Crippen molar-refractivity contribution in [3.8, 4) is 0 Å². The molecule has 11 heteroatoms. The Morgan fingerprint density at radius 1 is 1.10 bits per heavy atom. The molecule has 0 saturated carbocycles. The number of nitro benzene ring substituents is 1. The Morgan fingerprint density at radius 3 is 2.28 bits per heavy atom. The van der Waals surface area contributed by atoms with E-state index in [1.165, 1.54) is 29.2 Å². The summed E-state index contributed by atoms with van der Waals surface area (Å²) in [7, 11) is 1.63. The molecule has 0 amide bonds. The molecule has 3 aromatic rings. The summed E-state index contributed by atoms with van der Waals surface area (Å²) in [6.07, 6.45) is -3.98. The zero-order valence-electron chi connectivity index (χ0n) is 14.8. The SMILES string of the molecule is CN(c1ccc(Br)cc1)c1ncc(C(F)(F)F)c(Nc2ccc([N+](=O)[O-])cc2)n1. The Kier molecular flexibility index (Phi) is 5.69. The topological polar surface area (TPSA) is 84.2 Å². The Morgan fingerprint density at radius 2 is 1.72 bits per heavy atom. The van der Waals surface area contributed by atoms with Crippen LogP contribution < -0.4 is 10.2 Å². The fraction of sp³-hybridized carbons (Fsp3) is 0.111. The van der Waals surface area contributed by atoms with E-state index in [4.69, 9.17) is 0 Å². The minimum absolute atomic E-state index is 0.0461. The van der Waals surface area contributed by atoms with Gasteiger partial charge in [0.15, 0.2) is 0 Å². The van der Waals surface area contributed by atoms with E-state index in [0.717, 1.165) is 4.47 Å². The number of nitrogens with zero attached hydrogens (tertiary/aromatic N) is 4. The number of halogens is 4. The number of benzene rings is 2. The number of nitrogens with one attached hydrogen (secondary N) is 1. The highest BCUT2D eigenvalue weighted by atomic mass is 79.9. The number of hydrogen-bond acceptors (Lipinski definition) is 6. The maximum Gasteiger partial charge on any atom is 0.421 e. The number of non-ortho nitro benzene ring substituents is 1. The van der Waals surface area contributed by atoms with E-state index in [0.29, 0.717) is 11.9 Å². The lowest BCUT2D eigenvalue weighted by Crippen LogP contribution is -2.17. The van der Waals surface area contributed by atoms with Gasteiger partial charge in [0.2, 0.25) is 5.95 Å². The summed E-state index contributed by atoms with van der Waals surface area (Å²) in [4.78, 5) is 19.5. The van der Waals surface area contributed by atoms with Crippen LogP contribution in [0.4, 0.5) is 42.0 Å². The van der Waals surface area contributed by atoms with Crippen LogP contribution in [0, 0.1) is 10.1 Å². The molecule has 0 bridgehead atoms. The smallest absolute Gasteiger partial charge is 0.340 e. The highest BCUT2D eigenvalue weighted by Gasteiger charge is 2.35. The van der Waals surface area contributed by atoms with Crippen LogP contribution in [0.15, 0.2) is 59.2 Å². The highest BCUT2D eigenvalue weighted by Crippen LogP contribution is 2.36. The van der Waals surface area contributed by atoms with Gasteiger partial charge in [-0.1, -0.05) is 15.9 Å². The lowest BCUT2D eigenvalue weighted by molar-refractivity contribution is -0.384. The van der Waals surface area contributed by atoms with Gasteiger partial charge in [-0.15, -0.1) is 0 Å². The molecule has 7 nitrogen and oxygen atoms in total. The number of nitro groups is 1. The van der Waals surface area contributed by atoms with Gasteiger partial charge in [0.05, 0.1) is 4.92 Å². The predicted octanol–water partition coefficient (Wildman–Crippen LogP) is 5.68. The van der Waals surface area contributed by atoms with E-state index in [1.54, 1.807) is 31.3 Å². The lowest BCUT2D eigenvalue weighted by atomic mass is 10.2. The fourth-order valence-corrected chi connectivity index (χ4v) is 2.68.